The fourth-order valence-electron chi connectivity index (χ4n) is 7.13. The zero-order valence-electron chi connectivity index (χ0n) is 26.9. The minimum Gasteiger partial charge on any atom is -0.493 e. The average molecular weight is 643 g/mol. The van der Waals surface area contributed by atoms with Crippen LogP contribution in [0, 0.1) is 0 Å². The molecule has 5 aromatic rings. The number of carbonyl (C=O) groups excluding carboxylic acids is 1. The highest BCUT2D eigenvalue weighted by molar-refractivity contribution is 6.05. The molecule has 10 heteroatoms. The third-order valence-corrected chi connectivity index (χ3v) is 9.18. The summed E-state index contributed by atoms with van der Waals surface area (Å²) in [6, 6.07) is 20.4. The Morgan fingerprint density at radius 2 is 1.81 bits per heavy atom. The largest absolute Gasteiger partial charge is 0.493 e. The number of ether oxygens (including phenoxy) is 3. The number of benzene rings is 3. The van der Waals surface area contributed by atoms with E-state index in [4.69, 9.17) is 19.3 Å². The summed E-state index contributed by atoms with van der Waals surface area (Å²) in [6.07, 6.45) is 2.95. The number of nitrogens with zero attached hydrogens (tertiary/aromatic N) is 4. The normalized spacial score (nSPS) is 16.4. The number of hydrogen-bond donors (Lipinski definition) is 0. The number of para-hydroxylation sites is 1. The maximum Gasteiger partial charge on any atom is 0.355 e. The summed E-state index contributed by atoms with van der Waals surface area (Å²) in [5, 5.41) is 8.00. The van der Waals surface area contributed by atoms with Crippen LogP contribution in [0.5, 0.6) is 5.75 Å². The van der Waals surface area contributed by atoms with Crippen molar-refractivity contribution < 1.29 is 27.8 Å². The van der Waals surface area contributed by atoms with E-state index in [0.29, 0.717) is 51.4 Å². The number of esters is 1. The molecular formula is C37H40F2N4O4. The van der Waals surface area contributed by atoms with E-state index in [1.807, 2.05) is 55.1 Å². The van der Waals surface area contributed by atoms with E-state index in [1.165, 1.54) is 0 Å². The van der Waals surface area contributed by atoms with Crippen molar-refractivity contribution in [2.45, 2.75) is 58.2 Å². The smallest absolute Gasteiger partial charge is 0.355 e. The standard InChI is InChI=1S/C37H40F2N4O4/c1-3-46-36(44)35-28(16-10-20-47-32-17-8-12-25-11-4-5-13-26(25)32)27-14-9-15-29-33-30(21-42-23-37(38,39)24-42)40-41(2)31(33)22-45-19-7-6-18-43(35)34(27)29/h4-5,8-9,11-15,17H,3,6-7,10,16,18-24H2,1-2H3. The lowest BCUT2D eigenvalue weighted by Crippen LogP contribution is -2.55. The number of aromatic nitrogens is 3. The quantitative estimate of drug-likeness (QED) is 0.126. The summed E-state index contributed by atoms with van der Waals surface area (Å²) >= 11 is 0. The highest BCUT2D eigenvalue weighted by atomic mass is 19.3. The summed E-state index contributed by atoms with van der Waals surface area (Å²) in [4.78, 5) is 15.5. The molecule has 8 nitrogen and oxygen atoms in total. The third kappa shape index (κ3) is 6.12. The van der Waals surface area contributed by atoms with E-state index in [1.54, 1.807) is 4.90 Å². The number of halogens is 2. The van der Waals surface area contributed by atoms with Crippen molar-refractivity contribution in [2.75, 3.05) is 32.9 Å². The van der Waals surface area contributed by atoms with Crippen molar-refractivity contribution in [3.05, 3.63) is 83.3 Å². The van der Waals surface area contributed by atoms with Crippen LogP contribution in [-0.2, 0) is 42.6 Å². The second-order valence-corrected chi connectivity index (χ2v) is 12.5. The average Bonchev–Trinajstić information content (AvgIpc) is 3.52. The first-order valence-electron chi connectivity index (χ1n) is 16.5. The molecule has 2 aromatic heterocycles. The van der Waals surface area contributed by atoms with Crippen LogP contribution in [0.4, 0.5) is 8.78 Å². The van der Waals surface area contributed by atoms with Crippen LogP contribution in [-0.4, -0.2) is 64.0 Å². The Balaban J connectivity index is 1.30. The summed E-state index contributed by atoms with van der Waals surface area (Å²) in [7, 11) is 1.88. The molecule has 2 aliphatic rings. The lowest BCUT2D eigenvalue weighted by molar-refractivity contribution is -0.134. The number of aryl methyl sites for hydroxylation is 3. The summed E-state index contributed by atoms with van der Waals surface area (Å²) < 4.78 is 49.6. The monoisotopic (exact) mass is 642 g/mol. The molecule has 1 fully saturated rings. The Morgan fingerprint density at radius 1 is 1.02 bits per heavy atom. The lowest BCUT2D eigenvalue weighted by Gasteiger charge is -2.38. The molecule has 0 amide bonds. The molecular weight excluding hydrogens is 602 g/mol. The molecule has 1 saturated heterocycles. The van der Waals surface area contributed by atoms with Crippen molar-refractivity contribution in [1.29, 1.82) is 0 Å². The van der Waals surface area contributed by atoms with Gasteiger partial charge in [-0.1, -0.05) is 54.6 Å². The molecule has 0 aliphatic carbocycles. The molecule has 246 valence electrons. The van der Waals surface area contributed by atoms with Crippen LogP contribution in [0.25, 0.3) is 32.8 Å². The Bertz CT molecular complexity index is 1920. The van der Waals surface area contributed by atoms with Crippen LogP contribution in [0.3, 0.4) is 0 Å². The van der Waals surface area contributed by atoms with E-state index in [9.17, 15) is 13.6 Å². The second kappa shape index (κ2) is 13.1. The first-order valence-corrected chi connectivity index (χ1v) is 16.5. The summed E-state index contributed by atoms with van der Waals surface area (Å²) in [5.41, 5.74) is 5.85. The number of carbonyl (C=O) groups is 1. The van der Waals surface area contributed by atoms with Gasteiger partial charge in [0.15, 0.2) is 0 Å². The SMILES string of the molecule is CCOC(=O)c1c(CCCOc2cccc3ccccc23)c2cccc3c2n1CCCCOCc1c-3c(CN2CC(F)(F)C2)nn1C. The highest BCUT2D eigenvalue weighted by Crippen LogP contribution is 2.40. The van der Waals surface area contributed by atoms with Crippen LogP contribution in [0.2, 0.25) is 0 Å². The van der Waals surface area contributed by atoms with Crippen molar-refractivity contribution in [3.8, 4) is 16.9 Å². The number of alkyl halides is 2. The van der Waals surface area contributed by atoms with Crippen LogP contribution in [0.1, 0.15) is 53.6 Å². The van der Waals surface area contributed by atoms with Gasteiger partial charge in [-0.15, -0.1) is 0 Å². The van der Waals surface area contributed by atoms with Gasteiger partial charge in [-0.25, -0.2) is 13.6 Å². The Hall–Kier alpha value is -4.28. The van der Waals surface area contributed by atoms with Gasteiger partial charge in [0.05, 0.1) is 49.8 Å². The van der Waals surface area contributed by atoms with Crippen molar-refractivity contribution >= 4 is 27.6 Å². The van der Waals surface area contributed by atoms with Crippen molar-refractivity contribution in [1.82, 2.24) is 19.2 Å². The Morgan fingerprint density at radius 3 is 2.64 bits per heavy atom. The van der Waals surface area contributed by atoms with Crippen LogP contribution >= 0.6 is 0 Å². The molecule has 7 rings (SSSR count). The van der Waals surface area contributed by atoms with Crippen molar-refractivity contribution in [3.63, 3.8) is 0 Å². The number of rotatable bonds is 9. The third-order valence-electron chi connectivity index (χ3n) is 9.18. The molecule has 0 radical (unpaired) electrons. The molecule has 4 heterocycles. The molecule has 2 aliphatic heterocycles. The zero-order chi connectivity index (χ0) is 32.5. The first-order chi connectivity index (χ1) is 22.8. The van der Waals surface area contributed by atoms with Gasteiger partial charge in [-0.05, 0) is 49.6 Å². The van der Waals surface area contributed by atoms with Crippen LogP contribution < -0.4 is 4.74 Å². The first kappa shape index (κ1) is 31.3. The predicted octanol–water partition coefficient (Wildman–Crippen LogP) is 7.14. The predicted molar refractivity (Wildman–Crippen MR) is 177 cm³/mol. The van der Waals surface area contributed by atoms with Gasteiger partial charge < -0.3 is 18.8 Å². The number of likely N-dealkylation sites (tertiary alicyclic amines) is 1. The van der Waals surface area contributed by atoms with Crippen LogP contribution in [0.15, 0.2) is 60.7 Å². The highest BCUT2D eigenvalue weighted by Gasteiger charge is 2.44. The Labute approximate surface area is 272 Å². The second-order valence-electron chi connectivity index (χ2n) is 12.5. The lowest BCUT2D eigenvalue weighted by atomic mass is 9.97. The van der Waals surface area contributed by atoms with E-state index < -0.39 is 5.92 Å². The fraction of sp³-hybridized carbons (Fsp3) is 0.405. The van der Waals surface area contributed by atoms with Gasteiger partial charge in [0, 0.05) is 48.6 Å². The molecule has 0 spiro atoms. The topological polar surface area (TPSA) is 70.8 Å². The Kier molecular flexibility index (Phi) is 8.72. The minimum absolute atomic E-state index is 0.266. The van der Waals surface area contributed by atoms with E-state index >= 15 is 0 Å². The van der Waals surface area contributed by atoms with Crippen molar-refractivity contribution in [2.24, 2.45) is 7.05 Å². The van der Waals surface area contributed by atoms with E-state index in [-0.39, 0.29) is 25.7 Å². The van der Waals surface area contributed by atoms with Gasteiger partial charge in [-0.3, -0.25) is 9.58 Å². The molecule has 0 N–H and O–H groups in total. The number of fused-ring (bicyclic) bond motifs is 3. The minimum atomic E-state index is -2.67. The maximum absolute atomic E-state index is 13.8. The van der Waals surface area contributed by atoms with Gasteiger partial charge in [-0.2, -0.15) is 5.10 Å². The molecule has 0 unspecified atom stereocenters. The molecule has 47 heavy (non-hydrogen) atoms. The molecule has 0 atom stereocenters. The molecule has 0 saturated carbocycles. The van der Waals surface area contributed by atoms with Gasteiger partial charge in [0.2, 0.25) is 0 Å². The number of hydrogen-bond acceptors (Lipinski definition) is 6. The fourth-order valence-corrected chi connectivity index (χ4v) is 7.13. The zero-order valence-corrected chi connectivity index (χ0v) is 26.9. The van der Waals surface area contributed by atoms with Gasteiger partial charge in [0.1, 0.15) is 11.4 Å². The van der Waals surface area contributed by atoms with Gasteiger partial charge in [0.25, 0.3) is 5.92 Å². The summed E-state index contributed by atoms with van der Waals surface area (Å²) in [5.74, 6) is -2.18. The van der Waals surface area contributed by atoms with Gasteiger partial charge >= 0.3 is 5.97 Å². The maximum atomic E-state index is 13.8. The van der Waals surface area contributed by atoms with E-state index in [2.05, 4.69) is 28.8 Å². The molecule has 3 aromatic carbocycles. The van der Waals surface area contributed by atoms with E-state index in [0.717, 1.165) is 68.3 Å². The summed E-state index contributed by atoms with van der Waals surface area (Å²) in [6.45, 7) is 3.84. The molecule has 0 bridgehead atoms.